The highest BCUT2D eigenvalue weighted by atomic mass is 32.2. The Morgan fingerprint density at radius 2 is 1.96 bits per heavy atom. The Hall–Kier alpha value is -1.62. The van der Waals surface area contributed by atoms with Gasteiger partial charge in [0.2, 0.25) is 10.0 Å². The number of aromatic nitrogens is 2. The molecule has 2 rings (SSSR count). The van der Waals surface area contributed by atoms with Crippen LogP contribution >= 0.6 is 0 Å². The molecule has 0 unspecified atom stereocenters. The van der Waals surface area contributed by atoms with Gasteiger partial charge in [0.05, 0.1) is 12.6 Å². The van der Waals surface area contributed by atoms with E-state index in [0.717, 1.165) is 23.3 Å². The molecule has 0 aliphatic carbocycles. The topological polar surface area (TPSA) is 75.5 Å². The highest BCUT2D eigenvalue weighted by molar-refractivity contribution is 7.88. The van der Waals surface area contributed by atoms with Gasteiger partial charge in [-0.3, -0.25) is 4.79 Å². The first-order chi connectivity index (χ1) is 11.0. The van der Waals surface area contributed by atoms with Crippen LogP contribution in [-0.2, 0) is 16.6 Å². The van der Waals surface area contributed by atoms with Gasteiger partial charge < -0.3 is 9.47 Å². The van der Waals surface area contributed by atoms with Crippen molar-refractivity contribution < 1.29 is 26.4 Å². The predicted molar refractivity (Wildman–Crippen MR) is 79.8 cm³/mol. The molecule has 1 saturated heterocycles. The van der Waals surface area contributed by atoms with Crippen LogP contribution in [0.2, 0.25) is 0 Å². The molecule has 1 aliphatic rings. The second-order valence-corrected chi connectivity index (χ2v) is 7.84. The van der Waals surface area contributed by atoms with Crippen molar-refractivity contribution in [3.05, 3.63) is 18.2 Å². The average molecular weight is 368 g/mol. The summed E-state index contributed by atoms with van der Waals surface area (Å²) in [5.74, 6) is -0.478. The number of hydrogen-bond donors (Lipinski definition) is 0. The molecule has 1 fully saturated rings. The Balaban J connectivity index is 1.98. The number of piperidine rings is 1. The van der Waals surface area contributed by atoms with Crippen LogP contribution in [0.15, 0.2) is 12.5 Å². The van der Waals surface area contributed by atoms with E-state index in [9.17, 15) is 26.4 Å². The van der Waals surface area contributed by atoms with Gasteiger partial charge in [-0.05, 0) is 12.8 Å². The first kappa shape index (κ1) is 18.7. The Labute approximate surface area is 138 Å². The van der Waals surface area contributed by atoms with Crippen LogP contribution in [0.1, 0.15) is 23.3 Å². The molecule has 1 aromatic heterocycles. The fourth-order valence-corrected chi connectivity index (χ4v) is 3.55. The van der Waals surface area contributed by atoms with E-state index in [4.69, 9.17) is 0 Å². The summed E-state index contributed by atoms with van der Waals surface area (Å²) >= 11 is 0. The zero-order valence-corrected chi connectivity index (χ0v) is 14.1. The number of nitrogens with zero attached hydrogens (tertiary/aromatic N) is 4. The lowest BCUT2D eigenvalue weighted by molar-refractivity contribution is -0.140. The minimum Gasteiger partial charge on any atom is -0.337 e. The lowest BCUT2D eigenvalue weighted by Crippen LogP contribution is -2.47. The van der Waals surface area contributed by atoms with Crippen molar-refractivity contribution in [2.75, 3.05) is 26.4 Å². The number of carbonyl (C=O) groups excluding carboxylic acids is 1. The van der Waals surface area contributed by atoms with E-state index in [2.05, 4.69) is 4.98 Å². The van der Waals surface area contributed by atoms with Gasteiger partial charge >= 0.3 is 6.18 Å². The summed E-state index contributed by atoms with van der Waals surface area (Å²) in [6.07, 6.45) is -0.267. The normalized spacial score (nSPS) is 17.9. The van der Waals surface area contributed by atoms with E-state index in [1.807, 2.05) is 0 Å². The number of sulfonamides is 1. The molecule has 136 valence electrons. The van der Waals surface area contributed by atoms with Crippen LogP contribution in [0.4, 0.5) is 13.2 Å². The SMILES string of the molecule is CN(C(=O)c1cn(CC(F)(F)F)cn1)C1CCN(S(C)(=O)=O)CC1. The lowest BCUT2D eigenvalue weighted by Gasteiger charge is -2.35. The van der Waals surface area contributed by atoms with Crippen LogP contribution < -0.4 is 0 Å². The van der Waals surface area contributed by atoms with Gasteiger partial charge in [-0.2, -0.15) is 13.2 Å². The minimum absolute atomic E-state index is 0.0627. The number of imidazole rings is 1. The first-order valence-corrected chi connectivity index (χ1v) is 9.13. The molecule has 0 atom stereocenters. The van der Waals surface area contributed by atoms with E-state index in [1.54, 1.807) is 7.05 Å². The number of carbonyl (C=O) groups is 1. The Morgan fingerprint density at radius 1 is 1.38 bits per heavy atom. The summed E-state index contributed by atoms with van der Waals surface area (Å²) in [7, 11) is -1.71. The van der Waals surface area contributed by atoms with Crippen molar-refractivity contribution in [1.82, 2.24) is 18.8 Å². The molecule has 0 bridgehead atoms. The molecule has 7 nitrogen and oxygen atoms in total. The molecule has 0 N–H and O–H groups in total. The van der Waals surface area contributed by atoms with Crippen molar-refractivity contribution in [3.8, 4) is 0 Å². The third-order valence-corrected chi connectivity index (χ3v) is 5.28. The summed E-state index contributed by atoms with van der Waals surface area (Å²) in [5, 5.41) is 0. The Bertz CT molecular complexity index is 694. The Kier molecular flexibility index (Phi) is 5.23. The second-order valence-electron chi connectivity index (χ2n) is 5.86. The van der Waals surface area contributed by atoms with E-state index in [0.29, 0.717) is 25.9 Å². The number of hydrogen-bond acceptors (Lipinski definition) is 4. The molecule has 1 aliphatic heterocycles. The highest BCUT2D eigenvalue weighted by Gasteiger charge is 2.31. The van der Waals surface area contributed by atoms with E-state index < -0.39 is 28.7 Å². The third-order valence-electron chi connectivity index (χ3n) is 3.97. The molecule has 0 spiro atoms. The molecular formula is C13H19F3N4O3S. The first-order valence-electron chi connectivity index (χ1n) is 7.28. The average Bonchev–Trinajstić information content (AvgIpc) is 2.91. The lowest BCUT2D eigenvalue weighted by atomic mass is 10.1. The van der Waals surface area contributed by atoms with Gasteiger partial charge in [0, 0.05) is 32.4 Å². The minimum atomic E-state index is -4.38. The fourth-order valence-electron chi connectivity index (χ4n) is 2.67. The van der Waals surface area contributed by atoms with Gasteiger partial charge in [0.25, 0.3) is 5.91 Å². The largest absolute Gasteiger partial charge is 0.406 e. The van der Waals surface area contributed by atoms with Gasteiger partial charge in [-0.15, -0.1) is 0 Å². The summed E-state index contributed by atoms with van der Waals surface area (Å²) in [5.41, 5.74) is -0.0627. The maximum atomic E-state index is 12.3. The number of amides is 1. The number of rotatable bonds is 4. The van der Waals surface area contributed by atoms with Crippen LogP contribution in [0.5, 0.6) is 0 Å². The van der Waals surface area contributed by atoms with Gasteiger partial charge in [0.15, 0.2) is 0 Å². The van der Waals surface area contributed by atoms with E-state index in [-0.39, 0.29) is 11.7 Å². The summed E-state index contributed by atoms with van der Waals surface area (Å²) < 4.78 is 62.1. The molecule has 1 amide bonds. The fraction of sp³-hybridized carbons (Fsp3) is 0.692. The molecule has 0 radical (unpaired) electrons. The summed E-state index contributed by atoms with van der Waals surface area (Å²) in [4.78, 5) is 17.5. The van der Waals surface area contributed by atoms with E-state index >= 15 is 0 Å². The molecule has 2 heterocycles. The van der Waals surface area contributed by atoms with Crippen molar-refractivity contribution in [2.45, 2.75) is 31.6 Å². The van der Waals surface area contributed by atoms with Crippen LogP contribution in [-0.4, -0.2) is 71.7 Å². The van der Waals surface area contributed by atoms with Gasteiger partial charge in [-0.25, -0.2) is 17.7 Å². The Morgan fingerprint density at radius 3 is 2.46 bits per heavy atom. The molecular weight excluding hydrogens is 349 g/mol. The molecule has 0 aromatic carbocycles. The maximum absolute atomic E-state index is 12.3. The van der Waals surface area contributed by atoms with Crippen molar-refractivity contribution >= 4 is 15.9 Å². The molecule has 11 heteroatoms. The van der Waals surface area contributed by atoms with E-state index in [1.165, 1.54) is 9.21 Å². The molecule has 0 saturated carbocycles. The van der Waals surface area contributed by atoms with Crippen LogP contribution in [0.3, 0.4) is 0 Å². The number of alkyl halides is 3. The summed E-state index contributed by atoms with van der Waals surface area (Å²) in [6.45, 7) is -0.586. The van der Waals surface area contributed by atoms with Crippen molar-refractivity contribution in [3.63, 3.8) is 0 Å². The maximum Gasteiger partial charge on any atom is 0.406 e. The van der Waals surface area contributed by atoms with Crippen LogP contribution in [0, 0.1) is 0 Å². The second kappa shape index (κ2) is 6.71. The number of halogens is 3. The predicted octanol–water partition coefficient (Wildman–Crippen LogP) is 0.941. The summed E-state index contributed by atoms with van der Waals surface area (Å²) in [6, 6.07) is -0.178. The van der Waals surface area contributed by atoms with Gasteiger partial charge in [-0.1, -0.05) is 0 Å². The zero-order valence-electron chi connectivity index (χ0n) is 13.3. The molecule has 1 aromatic rings. The standard InChI is InChI=1S/C13H19F3N4O3S/c1-18(10-3-5-20(6-4-10)24(2,22)23)12(21)11-7-19(9-17-11)8-13(14,15)16/h7,9-10H,3-6,8H2,1-2H3. The smallest absolute Gasteiger partial charge is 0.337 e. The van der Waals surface area contributed by atoms with Crippen molar-refractivity contribution in [1.29, 1.82) is 0 Å². The van der Waals surface area contributed by atoms with Crippen molar-refractivity contribution in [2.24, 2.45) is 0 Å². The highest BCUT2D eigenvalue weighted by Crippen LogP contribution is 2.20. The van der Waals surface area contributed by atoms with Gasteiger partial charge in [0.1, 0.15) is 12.2 Å². The quantitative estimate of drug-likeness (QED) is 0.793. The van der Waals surface area contributed by atoms with Crippen LogP contribution in [0.25, 0.3) is 0 Å². The zero-order chi connectivity index (χ0) is 18.1. The third kappa shape index (κ3) is 4.69. The monoisotopic (exact) mass is 368 g/mol. The molecule has 24 heavy (non-hydrogen) atoms.